The fourth-order valence-electron chi connectivity index (χ4n) is 5.26. The number of amides is 2. The van der Waals surface area contributed by atoms with Gasteiger partial charge in [-0.15, -0.1) is 0 Å². The number of amidine groups is 1. The zero-order chi connectivity index (χ0) is 26.9. The Hall–Kier alpha value is -4.07. The number of nitrogens with zero attached hydrogens (tertiary/aromatic N) is 8. The number of benzene rings is 1. The van der Waals surface area contributed by atoms with Gasteiger partial charge in [-0.1, -0.05) is 6.07 Å². The Morgan fingerprint density at radius 1 is 1.10 bits per heavy atom. The van der Waals surface area contributed by atoms with Crippen LogP contribution < -0.4 is 15.5 Å². The predicted molar refractivity (Wildman–Crippen MR) is 146 cm³/mol. The standard InChI is InChI=1S/C26H33N9O4/c1-30-26(36)33(25-29-24-23(35(25)30)22(28-18-34(24)27)21-7-4-14-39-21)13-10-31-8-11-32(12-9-31)19-5-3-6-20(17-19)38-16-15-37-2/h3-7,14,17-18,25H,8-13,15-16,27H2,1-2H3. The summed E-state index contributed by atoms with van der Waals surface area (Å²) >= 11 is 0. The fraction of sp³-hybridized carbons (Fsp3) is 0.423. The van der Waals surface area contributed by atoms with Gasteiger partial charge in [0.1, 0.15) is 30.1 Å². The number of anilines is 1. The van der Waals surface area contributed by atoms with Crippen LogP contribution in [0.25, 0.3) is 5.70 Å². The van der Waals surface area contributed by atoms with Crippen molar-refractivity contribution in [3.05, 3.63) is 54.1 Å². The quantitative estimate of drug-likeness (QED) is 0.374. The number of furan rings is 1. The van der Waals surface area contributed by atoms with Gasteiger partial charge >= 0.3 is 6.03 Å². The average Bonchev–Trinajstić information content (AvgIpc) is 3.68. The molecule has 6 rings (SSSR count). The lowest BCUT2D eigenvalue weighted by Crippen LogP contribution is -2.49. The molecule has 2 aromatic rings. The summed E-state index contributed by atoms with van der Waals surface area (Å²) in [7, 11) is 3.41. The molecule has 1 aromatic carbocycles. The molecular weight excluding hydrogens is 502 g/mol. The molecule has 5 heterocycles. The smallest absolute Gasteiger partial charge is 0.341 e. The van der Waals surface area contributed by atoms with Crippen LogP contribution in [0, 0.1) is 0 Å². The molecular formula is C26H33N9O4. The zero-order valence-electron chi connectivity index (χ0n) is 22.1. The molecule has 0 radical (unpaired) electrons. The highest BCUT2D eigenvalue weighted by molar-refractivity contribution is 6.12. The van der Waals surface area contributed by atoms with Crippen molar-refractivity contribution in [3.63, 3.8) is 0 Å². The van der Waals surface area contributed by atoms with E-state index in [0.29, 0.717) is 42.7 Å². The van der Waals surface area contributed by atoms with Gasteiger partial charge in [0.05, 0.1) is 12.9 Å². The van der Waals surface area contributed by atoms with Gasteiger partial charge in [-0.25, -0.2) is 35.6 Å². The van der Waals surface area contributed by atoms with Crippen LogP contribution in [-0.4, -0.2) is 116 Å². The highest BCUT2D eigenvalue weighted by Gasteiger charge is 2.51. The first-order chi connectivity index (χ1) is 19.0. The van der Waals surface area contributed by atoms with Crippen molar-refractivity contribution in [1.29, 1.82) is 0 Å². The fourth-order valence-corrected chi connectivity index (χ4v) is 5.26. The van der Waals surface area contributed by atoms with Gasteiger partial charge < -0.3 is 18.8 Å². The number of hydrogen-bond acceptors (Lipinski definition) is 11. The molecule has 1 atom stereocenters. The van der Waals surface area contributed by atoms with Crippen molar-refractivity contribution < 1.29 is 18.7 Å². The molecule has 4 aliphatic heterocycles. The Morgan fingerprint density at radius 3 is 2.72 bits per heavy atom. The Bertz CT molecular complexity index is 1290. The van der Waals surface area contributed by atoms with Crippen molar-refractivity contribution >= 4 is 29.6 Å². The first kappa shape index (κ1) is 25.2. The van der Waals surface area contributed by atoms with Crippen LogP contribution in [0.1, 0.15) is 5.76 Å². The summed E-state index contributed by atoms with van der Waals surface area (Å²) in [6, 6.07) is 11.7. The van der Waals surface area contributed by atoms with Crippen LogP contribution in [0.3, 0.4) is 0 Å². The van der Waals surface area contributed by atoms with Gasteiger partial charge in [0, 0.05) is 65.2 Å². The molecule has 4 aliphatic rings. The van der Waals surface area contributed by atoms with Gasteiger partial charge in [-0.05, 0) is 24.3 Å². The first-order valence-corrected chi connectivity index (χ1v) is 13.0. The summed E-state index contributed by atoms with van der Waals surface area (Å²) in [5.41, 5.74) is 2.39. The molecule has 2 saturated heterocycles. The molecule has 0 bridgehead atoms. The van der Waals surface area contributed by atoms with Crippen LogP contribution in [0.5, 0.6) is 5.75 Å². The summed E-state index contributed by atoms with van der Waals surface area (Å²) in [5, 5.41) is 4.80. The van der Waals surface area contributed by atoms with Crippen LogP contribution in [0.4, 0.5) is 10.5 Å². The maximum absolute atomic E-state index is 13.3. The lowest BCUT2D eigenvalue weighted by atomic mass is 10.2. The molecule has 1 aromatic heterocycles. The van der Waals surface area contributed by atoms with E-state index in [4.69, 9.17) is 24.7 Å². The minimum Gasteiger partial charge on any atom is -0.491 e. The highest BCUT2D eigenvalue weighted by atomic mass is 16.5. The Balaban J connectivity index is 1.09. The molecule has 13 heteroatoms. The zero-order valence-corrected chi connectivity index (χ0v) is 22.1. The molecule has 2 fully saturated rings. The Morgan fingerprint density at radius 2 is 1.95 bits per heavy atom. The number of urea groups is 1. The average molecular weight is 536 g/mol. The maximum Gasteiger partial charge on any atom is 0.341 e. The van der Waals surface area contributed by atoms with Crippen molar-refractivity contribution in [1.82, 2.24) is 24.8 Å². The van der Waals surface area contributed by atoms with E-state index in [1.807, 2.05) is 23.2 Å². The van der Waals surface area contributed by atoms with Crippen molar-refractivity contribution in [2.45, 2.75) is 6.29 Å². The van der Waals surface area contributed by atoms with E-state index in [9.17, 15) is 4.79 Å². The van der Waals surface area contributed by atoms with Crippen LogP contribution in [0.15, 0.2) is 62.8 Å². The lowest BCUT2D eigenvalue weighted by Gasteiger charge is -2.36. The Labute approximate surface area is 226 Å². The number of aliphatic imine (C=N–C) groups is 2. The first-order valence-electron chi connectivity index (χ1n) is 13.0. The van der Waals surface area contributed by atoms with Crippen molar-refractivity contribution in [2.75, 3.05) is 71.5 Å². The minimum absolute atomic E-state index is 0.115. The summed E-state index contributed by atoms with van der Waals surface area (Å²) in [4.78, 5) is 29.1. The third-order valence-electron chi connectivity index (χ3n) is 7.32. The number of hydrazine groups is 2. The Kier molecular flexibility index (Phi) is 6.85. The van der Waals surface area contributed by atoms with Gasteiger partial charge in [0.2, 0.25) is 6.29 Å². The van der Waals surface area contributed by atoms with Crippen LogP contribution >= 0.6 is 0 Å². The second kappa shape index (κ2) is 10.6. The SMILES string of the molecule is COCCOc1cccc(N2CCN(CCN3C(=O)N(C)N4C5=C(c6ccco6)N=CN(N)C5=NC34)CC2)c1. The van der Waals surface area contributed by atoms with E-state index in [1.165, 1.54) is 11.3 Å². The largest absolute Gasteiger partial charge is 0.491 e. The molecule has 206 valence electrons. The topological polar surface area (TPSA) is 119 Å². The summed E-state index contributed by atoms with van der Waals surface area (Å²) < 4.78 is 16.4. The number of carbonyl (C=O) groups excluding carboxylic acids is 1. The number of nitrogens with two attached hydrogens (primary N) is 1. The van der Waals surface area contributed by atoms with Crippen molar-refractivity contribution in [2.24, 2.45) is 15.8 Å². The molecule has 1 unspecified atom stereocenters. The number of rotatable bonds is 9. The number of carbonyl (C=O) groups is 1. The van der Waals surface area contributed by atoms with E-state index in [-0.39, 0.29) is 6.03 Å². The van der Waals surface area contributed by atoms with E-state index < -0.39 is 6.29 Å². The molecule has 0 spiro atoms. The van der Waals surface area contributed by atoms with E-state index >= 15 is 0 Å². The summed E-state index contributed by atoms with van der Waals surface area (Å²) in [6.45, 7) is 5.96. The normalized spacial score (nSPS) is 21.2. The lowest BCUT2D eigenvalue weighted by molar-refractivity contribution is 0.0841. The van der Waals surface area contributed by atoms with E-state index in [2.05, 4.69) is 26.9 Å². The summed E-state index contributed by atoms with van der Waals surface area (Å²) in [5.74, 6) is 8.15. The third-order valence-corrected chi connectivity index (χ3v) is 7.32. The molecule has 2 N–H and O–H groups in total. The number of hydrogen-bond donors (Lipinski definition) is 1. The van der Waals surface area contributed by atoms with Crippen LogP contribution in [0.2, 0.25) is 0 Å². The maximum atomic E-state index is 13.3. The number of piperazine rings is 1. The van der Waals surface area contributed by atoms with Gasteiger partial charge in [-0.3, -0.25) is 9.80 Å². The van der Waals surface area contributed by atoms with E-state index in [1.54, 1.807) is 36.4 Å². The molecule has 2 amide bonds. The van der Waals surface area contributed by atoms with Gasteiger partial charge in [-0.2, -0.15) is 0 Å². The van der Waals surface area contributed by atoms with E-state index in [0.717, 1.165) is 44.2 Å². The van der Waals surface area contributed by atoms with Gasteiger partial charge in [0.25, 0.3) is 0 Å². The number of fused-ring (bicyclic) bond motifs is 3. The number of methoxy groups -OCH3 is 1. The highest BCUT2D eigenvalue weighted by Crippen LogP contribution is 2.38. The van der Waals surface area contributed by atoms with Crippen molar-refractivity contribution in [3.8, 4) is 5.75 Å². The molecule has 13 nitrogen and oxygen atoms in total. The van der Waals surface area contributed by atoms with Crippen LogP contribution in [-0.2, 0) is 4.74 Å². The third kappa shape index (κ3) is 4.68. The minimum atomic E-state index is -0.521. The molecule has 0 aliphatic carbocycles. The molecule has 39 heavy (non-hydrogen) atoms. The predicted octanol–water partition coefficient (Wildman–Crippen LogP) is 1.29. The number of ether oxygens (including phenoxy) is 2. The second-order valence-corrected chi connectivity index (χ2v) is 9.64. The molecule has 0 saturated carbocycles. The monoisotopic (exact) mass is 535 g/mol. The second-order valence-electron chi connectivity index (χ2n) is 9.64. The summed E-state index contributed by atoms with van der Waals surface area (Å²) in [6.07, 6.45) is 2.58. The van der Waals surface area contributed by atoms with Gasteiger partial charge in [0.15, 0.2) is 11.6 Å².